The lowest BCUT2D eigenvalue weighted by Crippen LogP contribution is -2.27. The number of ether oxygens (including phenoxy) is 3. The van der Waals surface area contributed by atoms with Crippen molar-refractivity contribution >= 4 is 40.3 Å². The fraction of sp³-hybridized carbons (Fsp3) is 0.182. The van der Waals surface area contributed by atoms with Crippen LogP contribution in [0.15, 0.2) is 66.1 Å². The highest BCUT2D eigenvalue weighted by Crippen LogP contribution is 2.34. The topological polar surface area (TPSA) is 48.0 Å². The zero-order valence-electron chi connectivity index (χ0n) is 16.0. The first kappa shape index (κ1) is 21.0. The van der Waals surface area contributed by atoms with E-state index in [0.29, 0.717) is 40.5 Å². The summed E-state index contributed by atoms with van der Waals surface area (Å²) in [5, 5.41) is 0. The summed E-state index contributed by atoms with van der Waals surface area (Å²) in [6, 6.07) is 15.0. The molecule has 0 unspecified atom stereocenters. The first-order valence-corrected chi connectivity index (χ1v) is 10.2. The number of nitrogens with zero attached hydrogens (tertiary/aromatic N) is 1. The van der Waals surface area contributed by atoms with Crippen LogP contribution in [0.2, 0.25) is 0 Å². The molecular formula is C22H21NO4S2. The van der Waals surface area contributed by atoms with E-state index in [4.69, 9.17) is 26.4 Å². The van der Waals surface area contributed by atoms with Crippen molar-refractivity contribution in [3.8, 4) is 17.2 Å². The molecular weight excluding hydrogens is 406 g/mol. The molecule has 2 aromatic carbocycles. The van der Waals surface area contributed by atoms with Crippen molar-refractivity contribution < 1.29 is 19.0 Å². The summed E-state index contributed by atoms with van der Waals surface area (Å²) in [6.45, 7) is 4.81. The molecule has 1 aliphatic heterocycles. The summed E-state index contributed by atoms with van der Waals surface area (Å²) in [7, 11) is 1.62. The van der Waals surface area contributed by atoms with E-state index in [1.807, 2.05) is 48.5 Å². The third-order valence-electron chi connectivity index (χ3n) is 4.04. The van der Waals surface area contributed by atoms with Crippen LogP contribution in [-0.4, -0.2) is 42.0 Å². The number of thioether (sulfide) groups is 1. The average molecular weight is 428 g/mol. The molecule has 0 spiro atoms. The van der Waals surface area contributed by atoms with Crippen molar-refractivity contribution in [2.75, 3.05) is 26.9 Å². The van der Waals surface area contributed by atoms with Crippen LogP contribution in [-0.2, 0) is 4.79 Å². The quantitative estimate of drug-likeness (QED) is 0.253. The maximum atomic E-state index is 12.5. The van der Waals surface area contributed by atoms with Crippen molar-refractivity contribution in [1.82, 2.24) is 4.90 Å². The van der Waals surface area contributed by atoms with Crippen molar-refractivity contribution in [1.29, 1.82) is 0 Å². The first-order valence-electron chi connectivity index (χ1n) is 8.97. The fourth-order valence-corrected chi connectivity index (χ4v) is 3.93. The second-order valence-corrected chi connectivity index (χ2v) is 7.67. The largest absolute Gasteiger partial charge is 0.497 e. The molecule has 5 nitrogen and oxygen atoms in total. The minimum absolute atomic E-state index is 0.115. The molecule has 1 amide bonds. The van der Waals surface area contributed by atoms with Crippen LogP contribution in [0.25, 0.3) is 6.08 Å². The third-order valence-corrected chi connectivity index (χ3v) is 5.42. The van der Waals surface area contributed by atoms with Crippen molar-refractivity contribution in [3.05, 3.63) is 71.7 Å². The third kappa shape index (κ3) is 5.40. The van der Waals surface area contributed by atoms with Gasteiger partial charge in [0.1, 0.15) is 34.8 Å². The molecule has 0 atom stereocenters. The van der Waals surface area contributed by atoms with Gasteiger partial charge in [-0.3, -0.25) is 9.69 Å². The van der Waals surface area contributed by atoms with Gasteiger partial charge in [-0.05, 0) is 24.3 Å². The summed E-state index contributed by atoms with van der Waals surface area (Å²) in [5.74, 6) is 2.02. The van der Waals surface area contributed by atoms with Gasteiger partial charge in [-0.2, -0.15) is 0 Å². The molecule has 0 radical (unpaired) electrons. The highest BCUT2D eigenvalue weighted by atomic mass is 32.2. The minimum Gasteiger partial charge on any atom is -0.497 e. The number of carbonyl (C=O) groups is 1. The van der Waals surface area contributed by atoms with Crippen molar-refractivity contribution in [2.45, 2.75) is 0 Å². The molecule has 0 aromatic heterocycles. The molecule has 1 heterocycles. The van der Waals surface area contributed by atoms with E-state index in [-0.39, 0.29) is 5.91 Å². The number of hydrogen-bond acceptors (Lipinski definition) is 6. The van der Waals surface area contributed by atoms with E-state index in [0.717, 1.165) is 11.3 Å². The van der Waals surface area contributed by atoms with Crippen LogP contribution in [0, 0.1) is 0 Å². The van der Waals surface area contributed by atoms with Gasteiger partial charge >= 0.3 is 0 Å². The van der Waals surface area contributed by atoms with Crippen LogP contribution in [0.1, 0.15) is 5.56 Å². The SMILES string of the molecule is C=CCN1C(=O)C(=Cc2ccccc2OCCOc2cccc(OC)c2)SC1=S. The monoisotopic (exact) mass is 427 g/mol. The molecule has 0 bridgehead atoms. The number of methoxy groups -OCH3 is 1. The van der Waals surface area contributed by atoms with Crippen molar-refractivity contribution in [3.63, 3.8) is 0 Å². The Labute approximate surface area is 179 Å². The highest BCUT2D eigenvalue weighted by molar-refractivity contribution is 8.26. The molecule has 0 saturated carbocycles. The second-order valence-electron chi connectivity index (χ2n) is 5.99. The van der Waals surface area contributed by atoms with Gasteiger partial charge < -0.3 is 14.2 Å². The summed E-state index contributed by atoms with van der Waals surface area (Å²) in [4.78, 5) is 14.6. The van der Waals surface area contributed by atoms with Crippen LogP contribution >= 0.6 is 24.0 Å². The van der Waals surface area contributed by atoms with Crippen LogP contribution in [0.5, 0.6) is 17.2 Å². The minimum atomic E-state index is -0.115. The number of thiocarbonyl (C=S) groups is 1. The lowest BCUT2D eigenvalue weighted by molar-refractivity contribution is -0.121. The van der Waals surface area contributed by atoms with E-state index in [1.54, 1.807) is 19.3 Å². The van der Waals surface area contributed by atoms with E-state index < -0.39 is 0 Å². The summed E-state index contributed by atoms with van der Waals surface area (Å²) in [5.41, 5.74) is 0.813. The number of hydrogen-bond donors (Lipinski definition) is 0. The number of amides is 1. The van der Waals surface area contributed by atoms with Gasteiger partial charge in [0, 0.05) is 18.2 Å². The van der Waals surface area contributed by atoms with Gasteiger partial charge in [0.15, 0.2) is 0 Å². The lowest BCUT2D eigenvalue weighted by Gasteiger charge is -2.12. The van der Waals surface area contributed by atoms with Gasteiger partial charge in [0.05, 0.1) is 12.0 Å². The number of para-hydroxylation sites is 1. The molecule has 29 heavy (non-hydrogen) atoms. The van der Waals surface area contributed by atoms with E-state index in [1.165, 1.54) is 16.7 Å². The summed E-state index contributed by atoms with van der Waals surface area (Å²) in [6.07, 6.45) is 3.47. The van der Waals surface area contributed by atoms with Crippen LogP contribution < -0.4 is 14.2 Å². The van der Waals surface area contributed by atoms with Crippen LogP contribution in [0.3, 0.4) is 0 Å². The van der Waals surface area contributed by atoms with Crippen LogP contribution in [0.4, 0.5) is 0 Å². The number of carbonyl (C=O) groups excluding carboxylic acids is 1. The number of benzene rings is 2. The highest BCUT2D eigenvalue weighted by Gasteiger charge is 2.31. The van der Waals surface area contributed by atoms with E-state index in [9.17, 15) is 4.79 Å². The maximum Gasteiger partial charge on any atom is 0.266 e. The Hall–Kier alpha value is -2.77. The fourth-order valence-electron chi connectivity index (χ4n) is 2.66. The standard InChI is InChI=1S/C22H21NO4S2/c1-3-11-23-21(24)20(29-22(23)28)14-16-7-4-5-10-19(16)27-13-12-26-18-9-6-8-17(15-18)25-2/h3-10,14-15H,1,11-13H2,2H3. The van der Waals surface area contributed by atoms with Gasteiger partial charge in [0.25, 0.3) is 5.91 Å². The Bertz CT molecular complexity index is 942. The normalized spacial score (nSPS) is 14.9. The average Bonchev–Trinajstić information content (AvgIpc) is 3.00. The molecule has 1 saturated heterocycles. The Balaban J connectivity index is 1.63. The Morgan fingerprint density at radius 2 is 1.86 bits per heavy atom. The van der Waals surface area contributed by atoms with E-state index >= 15 is 0 Å². The number of rotatable bonds is 9. The van der Waals surface area contributed by atoms with E-state index in [2.05, 4.69) is 6.58 Å². The Kier molecular flexibility index (Phi) is 7.32. The summed E-state index contributed by atoms with van der Waals surface area (Å²) >= 11 is 6.57. The second kappa shape index (κ2) is 10.1. The maximum absolute atomic E-state index is 12.5. The summed E-state index contributed by atoms with van der Waals surface area (Å²) < 4.78 is 17.3. The first-order chi connectivity index (χ1) is 14.1. The van der Waals surface area contributed by atoms with Gasteiger partial charge in [-0.15, -0.1) is 6.58 Å². The predicted molar refractivity (Wildman–Crippen MR) is 121 cm³/mol. The molecule has 150 valence electrons. The molecule has 1 fully saturated rings. The Morgan fingerprint density at radius 1 is 1.10 bits per heavy atom. The van der Waals surface area contributed by atoms with Gasteiger partial charge in [-0.25, -0.2) is 0 Å². The molecule has 0 aliphatic carbocycles. The molecule has 2 aromatic rings. The molecule has 3 rings (SSSR count). The van der Waals surface area contributed by atoms with Gasteiger partial charge in [0.2, 0.25) is 0 Å². The Morgan fingerprint density at radius 3 is 2.66 bits per heavy atom. The van der Waals surface area contributed by atoms with Gasteiger partial charge in [-0.1, -0.05) is 54.3 Å². The predicted octanol–water partition coefficient (Wildman–Crippen LogP) is 4.54. The zero-order valence-corrected chi connectivity index (χ0v) is 17.6. The molecule has 1 aliphatic rings. The smallest absolute Gasteiger partial charge is 0.266 e. The zero-order chi connectivity index (χ0) is 20.6. The van der Waals surface area contributed by atoms with Crippen molar-refractivity contribution in [2.24, 2.45) is 0 Å². The lowest BCUT2D eigenvalue weighted by atomic mass is 10.2. The molecule has 7 heteroatoms. The molecule has 0 N–H and O–H groups in total.